The van der Waals surface area contributed by atoms with Crippen LogP contribution in [0.5, 0.6) is 0 Å². The van der Waals surface area contributed by atoms with Crippen molar-refractivity contribution in [2.24, 2.45) is 0 Å². The molecule has 0 spiro atoms. The molecule has 0 aromatic rings. The fourth-order valence-corrected chi connectivity index (χ4v) is 3.95. The Morgan fingerprint density at radius 2 is 1.52 bits per heavy atom. The first-order valence-electron chi connectivity index (χ1n) is 9.72. The molecule has 0 aromatic carbocycles. The first kappa shape index (κ1) is 21.2. The molecule has 4 nitrogen and oxygen atoms in total. The number of epoxide rings is 1. The molecule has 0 radical (unpaired) electrons. The van der Waals surface area contributed by atoms with E-state index in [2.05, 4.69) is 6.92 Å². The van der Waals surface area contributed by atoms with Gasteiger partial charge in [-0.05, 0) is 19.3 Å². The zero-order valence-electron chi connectivity index (χ0n) is 15.0. The molecular weight excluding hydrogens is 311 g/mol. The first-order chi connectivity index (χ1) is 11.1. The van der Waals surface area contributed by atoms with Gasteiger partial charge in [-0.25, -0.2) is 0 Å². The predicted octanol–water partition coefficient (Wildman–Crippen LogP) is 5.68. The summed E-state index contributed by atoms with van der Waals surface area (Å²) >= 11 is 0. The van der Waals surface area contributed by atoms with Crippen molar-refractivity contribution >= 4 is 7.60 Å². The van der Waals surface area contributed by atoms with E-state index in [1.807, 2.05) is 0 Å². The van der Waals surface area contributed by atoms with Gasteiger partial charge < -0.3 is 14.2 Å². The van der Waals surface area contributed by atoms with Crippen LogP contribution in [0.2, 0.25) is 0 Å². The van der Waals surface area contributed by atoms with E-state index >= 15 is 0 Å². The molecule has 1 aliphatic rings. The van der Waals surface area contributed by atoms with Gasteiger partial charge in [-0.15, -0.1) is 0 Å². The highest BCUT2D eigenvalue weighted by atomic mass is 31.2. The van der Waals surface area contributed by atoms with Crippen LogP contribution in [0.1, 0.15) is 90.4 Å². The zero-order chi connectivity index (χ0) is 16.8. The van der Waals surface area contributed by atoms with Crippen molar-refractivity contribution in [3.05, 3.63) is 0 Å². The second-order valence-electron chi connectivity index (χ2n) is 6.83. The summed E-state index contributed by atoms with van der Waals surface area (Å²) in [6, 6.07) is 0. The van der Waals surface area contributed by atoms with E-state index in [0.717, 1.165) is 45.1 Å². The molecule has 0 amide bonds. The highest BCUT2D eigenvalue weighted by Crippen LogP contribution is 2.43. The van der Waals surface area contributed by atoms with E-state index in [1.54, 1.807) is 0 Å². The van der Waals surface area contributed by atoms with Crippen molar-refractivity contribution in [1.82, 2.24) is 0 Å². The van der Waals surface area contributed by atoms with Gasteiger partial charge in [0.25, 0.3) is 0 Å². The van der Waals surface area contributed by atoms with Gasteiger partial charge in [0.15, 0.2) is 0 Å². The van der Waals surface area contributed by atoms with Gasteiger partial charge in [-0.1, -0.05) is 71.1 Å². The average Bonchev–Trinajstić information content (AvgIpc) is 3.33. The van der Waals surface area contributed by atoms with Crippen molar-refractivity contribution in [2.45, 2.75) is 96.5 Å². The van der Waals surface area contributed by atoms with Gasteiger partial charge in [0.2, 0.25) is 0 Å². The molecule has 5 heteroatoms. The molecule has 1 heterocycles. The second-order valence-corrected chi connectivity index (χ2v) is 8.81. The second kappa shape index (κ2) is 13.4. The van der Waals surface area contributed by atoms with Gasteiger partial charge in [-0.2, -0.15) is 0 Å². The molecule has 0 aromatic heterocycles. The molecule has 2 atom stereocenters. The predicted molar refractivity (Wildman–Crippen MR) is 96.1 cm³/mol. The van der Waals surface area contributed by atoms with Crippen molar-refractivity contribution in [3.63, 3.8) is 0 Å². The van der Waals surface area contributed by atoms with Crippen LogP contribution in [0.4, 0.5) is 0 Å². The van der Waals surface area contributed by atoms with Crippen LogP contribution in [-0.2, 0) is 13.8 Å². The molecule has 0 saturated carbocycles. The number of ether oxygens (including phenoxy) is 1. The Morgan fingerprint density at radius 1 is 0.957 bits per heavy atom. The quantitative estimate of drug-likeness (QED) is 0.209. The highest BCUT2D eigenvalue weighted by Gasteiger charge is 2.21. The van der Waals surface area contributed by atoms with Gasteiger partial charge >= 0.3 is 7.60 Å². The Labute approximate surface area is 142 Å². The van der Waals surface area contributed by atoms with Gasteiger partial charge in [0.1, 0.15) is 0 Å². The summed E-state index contributed by atoms with van der Waals surface area (Å²) < 4.78 is 22.3. The van der Waals surface area contributed by atoms with Crippen LogP contribution >= 0.6 is 7.60 Å². The van der Waals surface area contributed by atoms with E-state index in [0.29, 0.717) is 18.9 Å². The monoisotopic (exact) mass is 348 g/mol. The number of unbranched alkanes of at least 4 members (excludes halogenated alkanes) is 10. The molecule has 1 N–H and O–H groups in total. The Bertz CT molecular complexity index is 318. The average molecular weight is 348 g/mol. The van der Waals surface area contributed by atoms with E-state index in [4.69, 9.17) is 9.26 Å². The number of rotatable bonds is 17. The van der Waals surface area contributed by atoms with Crippen LogP contribution in [0.3, 0.4) is 0 Å². The largest absolute Gasteiger partial charge is 0.373 e. The molecule has 1 fully saturated rings. The van der Waals surface area contributed by atoms with Gasteiger partial charge in [0.05, 0.1) is 19.3 Å². The number of hydrogen-bond acceptors (Lipinski definition) is 3. The molecule has 138 valence electrons. The molecule has 1 rings (SSSR count). The minimum atomic E-state index is -3.34. The lowest BCUT2D eigenvalue weighted by Crippen LogP contribution is -1.98. The molecule has 1 aliphatic heterocycles. The minimum Gasteiger partial charge on any atom is -0.373 e. The summed E-state index contributed by atoms with van der Waals surface area (Å²) in [7, 11) is -3.34. The van der Waals surface area contributed by atoms with Crippen LogP contribution in [-0.4, -0.2) is 30.4 Å². The maximum atomic E-state index is 11.9. The van der Waals surface area contributed by atoms with E-state index in [1.165, 1.54) is 44.9 Å². The van der Waals surface area contributed by atoms with Crippen LogP contribution < -0.4 is 0 Å². The van der Waals surface area contributed by atoms with E-state index in [-0.39, 0.29) is 0 Å². The third kappa shape index (κ3) is 14.2. The third-order valence-electron chi connectivity index (χ3n) is 4.41. The Morgan fingerprint density at radius 3 is 2.17 bits per heavy atom. The third-order valence-corrected chi connectivity index (χ3v) is 5.88. The van der Waals surface area contributed by atoms with Crippen LogP contribution in [0, 0.1) is 0 Å². The smallest absolute Gasteiger partial charge is 0.328 e. The maximum absolute atomic E-state index is 11.9. The molecule has 1 saturated heterocycles. The Kier molecular flexibility index (Phi) is 12.3. The van der Waals surface area contributed by atoms with Gasteiger partial charge in [-0.3, -0.25) is 4.57 Å². The summed E-state index contributed by atoms with van der Waals surface area (Å²) in [6.45, 7) is 3.59. The standard InChI is InChI=1S/C18H37O4P/c1-2-3-4-5-6-7-10-13-16-23(19,20)22-15-12-9-8-11-14-18-17-21-18/h18H,2-17H2,1H3,(H,19,20). The lowest BCUT2D eigenvalue weighted by Gasteiger charge is -2.12. The molecule has 2 unspecified atom stereocenters. The summed E-state index contributed by atoms with van der Waals surface area (Å²) in [4.78, 5) is 9.79. The van der Waals surface area contributed by atoms with E-state index < -0.39 is 7.60 Å². The normalized spacial score (nSPS) is 19.7. The summed E-state index contributed by atoms with van der Waals surface area (Å²) in [5, 5.41) is 0. The lowest BCUT2D eigenvalue weighted by atomic mass is 10.1. The Balaban J connectivity index is 1.82. The van der Waals surface area contributed by atoms with Crippen molar-refractivity contribution in [2.75, 3.05) is 19.4 Å². The Hall–Kier alpha value is 0.110. The fraction of sp³-hybridized carbons (Fsp3) is 1.00. The minimum absolute atomic E-state index is 0.320. The summed E-state index contributed by atoms with van der Waals surface area (Å²) in [5.41, 5.74) is 0. The molecule has 23 heavy (non-hydrogen) atoms. The zero-order valence-corrected chi connectivity index (χ0v) is 15.9. The maximum Gasteiger partial charge on any atom is 0.328 e. The fourth-order valence-electron chi connectivity index (χ4n) is 2.78. The lowest BCUT2D eigenvalue weighted by molar-refractivity contribution is 0.251. The topological polar surface area (TPSA) is 59.1 Å². The molecular formula is C18H37O4P. The highest BCUT2D eigenvalue weighted by molar-refractivity contribution is 7.52. The van der Waals surface area contributed by atoms with Gasteiger partial charge in [0, 0.05) is 6.16 Å². The first-order valence-corrected chi connectivity index (χ1v) is 11.5. The number of hydrogen-bond donors (Lipinski definition) is 1. The van der Waals surface area contributed by atoms with Crippen LogP contribution in [0.15, 0.2) is 0 Å². The molecule has 0 bridgehead atoms. The summed E-state index contributed by atoms with van der Waals surface area (Å²) in [6.07, 6.45) is 15.8. The summed E-state index contributed by atoms with van der Waals surface area (Å²) in [5.74, 6) is 0. The molecule has 0 aliphatic carbocycles. The van der Waals surface area contributed by atoms with Crippen LogP contribution in [0.25, 0.3) is 0 Å². The van der Waals surface area contributed by atoms with Crippen molar-refractivity contribution in [1.29, 1.82) is 0 Å². The van der Waals surface area contributed by atoms with Crippen molar-refractivity contribution in [3.8, 4) is 0 Å². The van der Waals surface area contributed by atoms with E-state index in [9.17, 15) is 9.46 Å². The van der Waals surface area contributed by atoms with Crippen molar-refractivity contribution < 1.29 is 18.7 Å². The SMILES string of the molecule is CCCCCCCCCCP(=O)(O)OCCCCCCC1CO1.